The lowest BCUT2D eigenvalue weighted by Gasteiger charge is -2.11. The highest BCUT2D eigenvalue weighted by atomic mass is 32.2. The fraction of sp³-hybridized carbons (Fsp3) is 0.286. The van der Waals surface area contributed by atoms with E-state index in [0.29, 0.717) is 10.6 Å². The second-order valence-electron chi connectivity index (χ2n) is 6.98. The molecule has 0 spiro atoms. The fourth-order valence-electron chi connectivity index (χ4n) is 3.62. The number of aryl methyl sites for hydroxylation is 2. The van der Waals surface area contributed by atoms with Gasteiger partial charge in [0.15, 0.2) is 5.16 Å². The normalized spacial score (nSPS) is 13.1. The van der Waals surface area contributed by atoms with Crippen LogP contribution in [0, 0.1) is 6.92 Å². The molecule has 6 nitrogen and oxygen atoms in total. The number of nitrogens with two attached hydrogens (primary N) is 1. The van der Waals surface area contributed by atoms with Crippen molar-refractivity contribution < 1.29 is 9.59 Å². The maximum Gasteiger partial charge on any atom is 0.251 e. The van der Waals surface area contributed by atoms with Gasteiger partial charge in [-0.3, -0.25) is 14.2 Å². The third-order valence-corrected chi connectivity index (χ3v) is 7.16. The van der Waals surface area contributed by atoms with Gasteiger partial charge in [0.05, 0.1) is 17.0 Å². The van der Waals surface area contributed by atoms with Crippen LogP contribution in [0.2, 0.25) is 0 Å². The van der Waals surface area contributed by atoms with E-state index in [0.717, 1.165) is 47.7 Å². The second kappa shape index (κ2) is 8.42. The second-order valence-corrected chi connectivity index (χ2v) is 9.03. The molecule has 0 unspecified atom stereocenters. The smallest absolute Gasteiger partial charge is 0.251 e. The average Bonchev–Trinajstić information content (AvgIpc) is 3.30. The first kappa shape index (κ1) is 19.7. The molecular formula is C21H22N4O2S2. The average molecular weight is 427 g/mol. The minimum atomic E-state index is -0.470. The Labute approximate surface area is 177 Å². The van der Waals surface area contributed by atoms with Gasteiger partial charge >= 0.3 is 0 Å². The van der Waals surface area contributed by atoms with E-state index in [1.54, 1.807) is 6.20 Å². The number of carbonyl (C=O) groups is 2. The third-order valence-electron chi connectivity index (χ3n) is 4.98. The van der Waals surface area contributed by atoms with Gasteiger partial charge in [-0.25, -0.2) is 4.98 Å². The summed E-state index contributed by atoms with van der Waals surface area (Å²) in [5.74, 6) is -0.443. The van der Waals surface area contributed by atoms with Gasteiger partial charge in [0, 0.05) is 17.3 Å². The van der Waals surface area contributed by atoms with Crippen LogP contribution in [0.25, 0.3) is 5.69 Å². The summed E-state index contributed by atoms with van der Waals surface area (Å²) in [4.78, 5) is 30.1. The van der Waals surface area contributed by atoms with Gasteiger partial charge in [-0.2, -0.15) is 0 Å². The van der Waals surface area contributed by atoms with Gasteiger partial charge in [-0.05, 0) is 49.8 Å². The van der Waals surface area contributed by atoms with Crippen LogP contribution in [0.5, 0.6) is 0 Å². The molecule has 0 saturated carbocycles. The molecule has 2 aromatic heterocycles. The van der Waals surface area contributed by atoms with Crippen molar-refractivity contribution in [1.82, 2.24) is 9.55 Å². The molecule has 4 rings (SSSR count). The van der Waals surface area contributed by atoms with Crippen molar-refractivity contribution in [2.24, 2.45) is 5.73 Å². The Balaban J connectivity index is 1.47. The summed E-state index contributed by atoms with van der Waals surface area (Å²) in [5.41, 5.74) is 9.29. The molecule has 29 heavy (non-hydrogen) atoms. The summed E-state index contributed by atoms with van der Waals surface area (Å²) in [6, 6.07) is 8.04. The number of anilines is 1. The van der Waals surface area contributed by atoms with E-state index in [4.69, 9.17) is 5.73 Å². The molecule has 150 valence electrons. The molecule has 1 aromatic carbocycles. The van der Waals surface area contributed by atoms with Gasteiger partial charge in [0.1, 0.15) is 5.00 Å². The van der Waals surface area contributed by atoms with Crippen LogP contribution in [0.4, 0.5) is 5.00 Å². The van der Waals surface area contributed by atoms with E-state index in [1.807, 2.05) is 42.0 Å². The number of aromatic nitrogens is 2. The van der Waals surface area contributed by atoms with Crippen LogP contribution in [-0.4, -0.2) is 27.1 Å². The monoisotopic (exact) mass is 426 g/mol. The summed E-state index contributed by atoms with van der Waals surface area (Å²) in [6.07, 6.45) is 7.57. The first-order valence-electron chi connectivity index (χ1n) is 9.51. The summed E-state index contributed by atoms with van der Waals surface area (Å²) in [7, 11) is 0. The number of primary amides is 1. The molecule has 0 atom stereocenters. The molecule has 3 aromatic rings. The summed E-state index contributed by atoms with van der Waals surface area (Å²) >= 11 is 2.84. The molecule has 0 bridgehead atoms. The van der Waals surface area contributed by atoms with E-state index in [9.17, 15) is 9.59 Å². The lowest BCUT2D eigenvalue weighted by molar-refractivity contribution is -0.113. The Morgan fingerprint density at radius 1 is 1.28 bits per heavy atom. The van der Waals surface area contributed by atoms with E-state index in [2.05, 4.69) is 10.3 Å². The summed E-state index contributed by atoms with van der Waals surface area (Å²) in [5, 5.41) is 4.23. The lowest BCUT2D eigenvalue weighted by Crippen LogP contribution is -2.19. The maximum atomic E-state index is 12.6. The largest absolute Gasteiger partial charge is 0.365 e. The minimum Gasteiger partial charge on any atom is -0.365 e. The van der Waals surface area contributed by atoms with E-state index in [1.165, 1.54) is 28.0 Å². The van der Waals surface area contributed by atoms with Crippen LogP contribution >= 0.6 is 23.1 Å². The SMILES string of the molecule is Cc1ccccc1-n1ccnc1SCC(=O)Nc1sc2c(c1C(N)=O)CCCC2. The van der Waals surface area contributed by atoms with Crippen molar-refractivity contribution in [3.05, 3.63) is 58.2 Å². The number of hydrogen-bond acceptors (Lipinski definition) is 5. The molecule has 0 fully saturated rings. The Bertz CT molecular complexity index is 1070. The van der Waals surface area contributed by atoms with Crippen molar-refractivity contribution in [3.8, 4) is 5.69 Å². The number of benzene rings is 1. The molecule has 1 aliphatic rings. The molecule has 8 heteroatoms. The highest BCUT2D eigenvalue weighted by Crippen LogP contribution is 2.38. The zero-order valence-electron chi connectivity index (χ0n) is 16.1. The van der Waals surface area contributed by atoms with E-state index < -0.39 is 5.91 Å². The molecular weight excluding hydrogens is 404 g/mol. The van der Waals surface area contributed by atoms with Crippen molar-refractivity contribution >= 4 is 39.9 Å². The zero-order valence-corrected chi connectivity index (χ0v) is 17.7. The number of para-hydroxylation sites is 1. The van der Waals surface area contributed by atoms with Crippen molar-refractivity contribution in [1.29, 1.82) is 0 Å². The quantitative estimate of drug-likeness (QED) is 0.584. The van der Waals surface area contributed by atoms with Crippen LogP contribution in [-0.2, 0) is 17.6 Å². The summed E-state index contributed by atoms with van der Waals surface area (Å²) in [6.45, 7) is 2.04. The number of fused-ring (bicyclic) bond motifs is 1. The van der Waals surface area contributed by atoms with E-state index >= 15 is 0 Å². The lowest BCUT2D eigenvalue weighted by atomic mass is 9.95. The van der Waals surface area contributed by atoms with Gasteiger partial charge in [0.25, 0.3) is 5.91 Å². The number of hydrogen-bond donors (Lipinski definition) is 2. The molecule has 2 amide bonds. The predicted molar refractivity (Wildman–Crippen MR) is 117 cm³/mol. The number of imidazole rings is 1. The number of carbonyl (C=O) groups excluding carboxylic acids is 2. The number of rotatable bonds is 6. The molecule has 2 heterocycles. The van der Waals surface area contributed by atoms with Crippen LogP contribution in [0.3, 0.4) is 0 Å². The maximum absolute atomic E-state index is 12.6. The predicted octanol–water partition coefficient (Wildman–Crippen LogP) is 3.95. The Hall–Kier alpha value is -2.58. The molecule has 0 saturated heterocycles. The molecule has 3 N–H and O–H groups in total. The van der Waals surface area contributed by atoms with Gasteiger partial charge in [-0.15, -0.1) is 11.3 Å². The standard InChI is InChI=1S/C21H22N4O2S2/c1-13-6-2-4-8-15(13)25-11-10-23-21(25)28-12-17(26)24-20-18(19(22)27)14-7-3-5-9-16(14)29-20/h2,4,6,8,10-11H,3,5,7,9,12H2,1H3,(H2,22,27)(H,24,26). The molecule has 0 radical (unpaired) electrons. The van der Waals surface area contributed by atoms with Gasteiger partial charge < -0.3 is 11.1 Å². The third kappa shape index (κ3) is 4.09. The van der Waals surface area contributed by atoms with Crippen molar-refractivity contribution in [3.63, 3.8) is 0 Å². The minimum absolute atomic E-state index is 0.171. The first-order chi connectivity index (χ1) is 14.0. The highest BCUT2D eigenvalue weighted by molar-refractivity contribution is 7.99. The van der Waals surface area contributed by atoms with Crippen LogP contribution in [0.1, 0.15) is 39.2 Å². The topological polar surface area (TPSA) is 90.0 Å². The Morgan fingerprint density at radius 3 is 2.86 bits per heavy atom. The number of nitrogens with zero attached hydrogens (tertiary/aromatic N) is 2. The number of amides is 2. The van der Waals surface area contributed by atoms with Crippen LogP contribution in [0.15, 0.2) is 41.8 Å². The number of thioether (sulfide) groups is 1. The van der Waals surface area contributed by atoms with Crippen LogP contribution < -0.4 is 11.1 Å². The van der Waals surface area contributed by atoms with Gasteiger partial charge in [0.2, 0.25) is 5.91 Å². The molecule has 0 aliphatic heterocycles. The van der Waals surface area contributed by atoms with Gasteiger partial charge in [-0.1, -0.05) is 30.0 Å². The highest BCUT2D eigenvalue weighted by Gasteiger charge is 2.25. The fourth-order valence-corrected chi connectivity index (χ4v) is 5.70. The Kier molecular flexibility index (Phi) is 5.73. The number of nitrogens with one attached hydrogen (secondary N) is 1. The molecule has 1 aliphatic carbocycles. The first-order valence-corrected chi connectivity index (χ1v) is 11.3. The summed E-state index contributed by atoms with van der Waals surface area (Å²) < 4.78 is 1.98. The van der Waals surface area contributed by atoms with E-state index in [-0.39, 0.29) is 11.7 Å². The Morgan fingerprint density at radius 2 is 2.07 bits per heavy atom. The van der Waals surface area contributed by atoms with Crippen molar-refractivity contribution in [2.45, 2.75) is 37.8 Å². The zero-order chi connectivity index (χ0) is 20.4. The van der Waals surface area contributed by atoms with Crippen molar-refractivity contribution in [2.75, 3.05) is 11.1 Å². The number of thiophene rings is 1.